The summed E-state index contributed by atoms with van der Waals surface area (Å²) >= 11 is 0. The van der Waals surface area contributed by atoms with Gasteiger partial charge in [-0.25, -0.2) is 28.8 Å². The zero-order valence-electron chi connectivity index (χ0n) is 29.6. The van der Waals surface area contributed by atoms with Crippen LogP contribution < -0.4 is 0 Å². The van der Waals surface area contributed by atoms with Crippen LogP contribution in [0.1, 0.15) is 57.5 Å². The van der Waals surface area contributed by atoms with Crippen molar-refractivity contribution in [3.8, 4) is 0 Å². The summed E-state index contributed by atoms with van der Waals surface area (Å²) in [4.78, 5) is 71.7. The highest BCUT2D eigenvalue weighted by Gasteiger charge is 2.51. The molecule has 0 saturated carbocycles. The summed E-state index contributed by atoms with van der Waals surface area (Å²) in [5.41, 5.74) is 1.89. The van der Waals surface area contributed by atoms with Crippen LogP contribution in [0.3, 0.4) is 0 Å². The van der Waals surface area contributed by atoms with E-state index in [-0.39, 0.29) is 50.8 Å². The number of ether oxygens (including phenoxy) is 8. The molecular formula is C40H42O14. The van der Waals surface area contributed by atoms with Gasteiger partial charge in [-0.3, -0.25) is 0 Å². The van der Waals surface area contributed by atoms with E-state index in [0.29, 0.717) is 36.8 Å². The average molecular weight is 747 g/mol. The molecule has 0 aliphatic carbocycles. The maximum Gasteiger partial charge on any atom is 0.338 e. The Kier molecular flexibility index (Phi) is 16.4. The molecule has 2 saturated heterocycles. The fourth-order valence-electron chi connectivity index (χ4n) is 5.14. The van der Waals surface area contributed by atoms with Crippen molar-refractivity contribution >= 4 is 48.0 Å². The summed E-state index contributed by atoms with van der Waals surface area (Å²) in [6, 6.07) is 12.9. The molecule has 2 aromatic carbocycles. The van der Waals surface area contributed by atoms with Crippen molar-refractivity contribution in [2.24, 2.45) is 0 Å². The van der Waals surface area contributed by atoms with Crippen LogP contribution in [0.5, 0.6) is 0 Å². The topological polar surface area (TPSA) is 176 Å². The molecule has 54 heavy (non-hydrogen) atoms. The Balaban J connectivity index is 1.15. The van der Waals surface area contributed by atoms with Gasteiger partial charge in [0.15, 0.2) is 12.2 Å². The summed E-state index contributed by atoms with van der Waals surface area (Å²) in [6.45, 7) is 7.54. The summed E-state index contributed by atoms with van der Waals surface area (Å²) in [5.74, 6) is -3.24. The molecule has 286 valence electrons. The minimum absolute atomic E-state index is 0.0622. The molecule has 2 aliphatic rings. The summed E-state index contributed by atoms with van der Waals surface area (Å²) in [7, 11) is 0. The van der Waals surface area contributed by atoms with Crippen molar-refractivity contribution in [1.82, 2.24) is 0 Å². The number of unbranched alkanes of at least 4 members (excludes halogenated alkanes) is 2. The second-order valence-corrected chi connectivity index (χ2v) is 11.9. The molecule has 0 radical (unpaired) electrons. The standard InChI is InChI=1S/C40H42O14/c1-3-33(41)47-21-5-7-23-49-35(43)19-13-27-9-15-29(16-10-27)39(45)53-31-25-51-38-32(26-52-37(31)38)54-40(46)30-17-11-28(12-18-30)14-20-36(44)50-24-8-6-22-48-34(42)4-2/h3-4,9-20,31-32,37-38H,1-2,5-8,21-26H2/b19-13+,20-14+/t31-,32+,37-,38?/m1/s1. The van der Waals surface area contributed by atoms with E-state index in [2.05, 4.69) is 13.2 Å². The Bertz CT molecular complexity index is 1570. The predicted molar refractivity (Wildman–Crippen MR) is 192 cm³/mol. The van der Waals surface area contributed by atoms with Gasteiger partial charge in [0.2, 0.25) is 0 Å². The highest BCUT2D eigenvalue weighted by atomic mass is 16.7. The van der Waals surface area contributed by atoms with Gasteiger partial charge in [-0.1, -0.05) is 37.4 Å². The van der Waals surface area contributed by atoms with Crippen LogP contribution in [0.4, 0.5) is 0 Å². The molecule has 0 amide bonds. The lowest BCUT2D eigenvalue weighted by molar-refractivity contribution is -0.140. The van der Waals surface area contributed by atoms with E-state index in [1.807, 2.05) is 0 Å². The third-order valence-corrected chi connectivity index (χ3v) is 7.98. The van der Waals surface area contributed by atoms with Gasteiger partial charge in [-0.05, 0) is 73.2 Å². The Morgan fingerprint density at radius 3 is 1.20 bits per heavy atom. The van der Waals surface area contributed by atoms with E-state index >= 15 is 0 Å². The molecule has 0 aromatic heterocycles. The quantitative estimate of drug-likeness (QED) is 0.0808. The predicted octanol–water partition coefficient (Wildman–Crippen LogP) is 4.37. The number of esters is 6. The van der Waals surface area contributed by atoms with Crippen molar-refractivity contribution in [3.05, 3.63) is 108 Å². The van der Waals surface area contributed by atoms with Crippen LogP contribution in [0, 0.1) is 0 Å². The van der Waals surface area contributed by atoms with Crippen LogP contribution in [0.2, 0.25) is 0 Å². The molecule has 0 bridgehead atoms. The molecular weight excluding hydrogens is 704 g/mol. The summed E-state index contributed by atoms with van der Waals surface area (Å²) in [6.07, 6.45) is 7.31. The number of fused-ring (bicyclic) bond motifs is 1. The molecule has 0 spiro atoms. The highest BCUT2D eigenvalue weighted by molar-refractivity contribution is 5.91. The van der Waals surface area contributed by atoms with Crippen LogP contribution in [-0.2, 0) is 57.1 Å². The number of rotatable bonds is 20. The Morgan fingerprint density at radius 2 is 0.870 bits per heavy atom. The highest BCUT2D eigenvalue weighted by Crippen LogP contribution is 2.31. The minimum atomic E-state index is -0.714. The number of hydrogen-bond donors (Lipinski definition) is 0. The van der Waals surface area contributed by atoms with Crippen molar-refractivity contribution in [2.45, 2.75) is 50.1 Å². The third-order valence-electron chi connectivity index (χ3n) is 7.98. The molecule has 1 unspecified atom stereocenters. The molecule has 2 aromatic rings. The van der Waals surface area contributed by atoms with Crippen molar-refractivity contribution in [2.75, 3.05) is 39.6 Å². The molecule has 4 rings (SSSR count). The van der Waals surface area contributed by atoms with Gasteiger partial charge in [-0.2, -0.15) is 0 Å². The van der Waals surface area contributed by atoms with E-state index in [9.17, 15) is 28.8 Å². The molecule has 2 aliphatic heterocycles. The van der Waals surface area contributed by atoms with Crippen LogP contribution in [-0.4, -0.2) is 99.9 Å². The smallest absolute Gasteiger partial charge is 0.338 e. The number of carbonyl (C=O) groups is 6. The van der Waals surface area contributed by atoms with Crippen LogP contribution in [0.15, 0.2) is 86.0 Å². The maximum absolute atomic E-state index is 12.9. The fraction of sp³-hybridized carbons (Fsp3) is 0.350. The first-order chi connectivity index (χ1) is 26.2. The third kappa shape index (κ3) is 13.3. The second kappa shape index (κ2) is 21.6. The average Bonchev–Trinajstić information content (AvgIpc) is 3.78. The van der Waals surface area contributed by atoms with Crippen LogP contribution >= 0.6 is 0 Å². The van der Waals surface area contributed by atoms with Gasteiger partial charge in [-0.15, -0.1) is 0 Å². The zero-order valence-corrected chi connectivity index (χ0v) is 29.6. The zero-order chi connectivity index (χ0) is 38.7. The van der Waals surface area contributed by atoms with Gasteiger partial charge in [0.1, 0.15) is 12.2 Å². The first kappa shape index (κ1) is 40.9. The van der Waals surface area contributed by atoms with Gasteiger partial charge >= 0.3 is 35.8 Å². The molecule has 2 fully saturated rings. The number of carbonyl (C=O) groups excluding carboxylic acids is 6. The van der Waals surface area contributed by atoms with Crippen molar-refractivity contribution < 1.29 is 66.7 Å². The summed E-state index contributed by atoms with van der Waals surface area (Å²) < 4.78 is 42.9. The second-order valence-electron chi connectivity index (χ2n) is 11.9. The normalized spacial score (nSPS) is 18.7. The van der Waals surface area contributed by atoms with E-state index in [1.54, 1.807) is 60.7 Å². The van der Waals surface area contributed by atoms with Gasteiger partial charge in [0, 0.05) is 24.3 Å². The number of hydrogen-bond acceptors (Lipinski definition) is 14. The Hall–Kier alpha value is -5.86. The maximum atomic E-state index is 12.9. The first-order valence-corrected chi connectivity index (χ1v) is 17.3. The molecule has 4 atom stereocenters. The number of benzene rings is 2. The van der Waals surface area contributed by atoms with Crippen LogP contribution in [0.25, 0.3) is 12.2 Å². The Labute approximate surface area is 312 Å². The molecule has 14 nitrogen and oxygen atoms in total. The van der Waals surface area contributed by atoms with Crippen molar-refractivity contribution in [1.29, 1.82) is 0 Å². The van der Waals surface area contributed by atoms with Gasteiger partial charge in [0.25, 0.3) is 0 Å². The van der Waals surface area contributed by atoms with Gasteiger partial charge < -0.3 is 37.9 Å². The molecule has 0 N–H and O–H groups in total. The monoisotopic (exact) mass is 746 g/mol. The largest absolute Gasteiger partial charge is 0.463 e. The van der Waals surface area contributed by atoms with Gasteiger partial charge in [0.05, 0.1) is 50.8 Å². The molecule has 2 heterocycles. The fourth-order valence-corrected chi connectivity index (χ4v) is 5.14. The first-order valence-electron chi connectivity index (χ1n) is 17.3. The summed E-state index contributed by atoms with van der Waals surface area (Å²) in [5, 5.41) is 0. The van der Waals surface area contributed by atoms with E-state index < -0.39 is 60.2 Å². The molecule has 14 heteroatoms. The lowest BCUT2D eigenvalue weighted by Gasteiger charge is -2.17. The Morgan fingerprint density at radius 1 is 0.537 bits per heavy atom. The van der Waals surface area contributed by atoms with E-state index in [4.69, 9.17) is 37.9 Å². The van der Waals surface area contributed by atoms with E-state index in [1.165, 1.54) is 12.2 Å². The lowest BCUT2D eigenvalue weighted by atomic mass is 10.1. The SMILES string of the molecule is C=CC(=O)OCCCCOC(=O)/C=C/c1ccc(C(=O)O[C@H]2CO[C@H]3C2OC[C@H]3OC(=O)c2ccc(/C=C/C(=O)OCCCCOC(=O)C=C)cc2)cc1. The minimum Gasteiger partial charge on any atom is -0.463 e. The lowest BCUT2D eigenvalue weighted by Crippen LogP contribution is -2.36. The van der Waals surface area contributed by atoms with Crippen molar-refractivity contribution in [3.63, 3.8) is 0 Å². The van der Waals surface area contributed by atoms with E-state index in [0.717, 1.165) is 12.2 Å².